The van der Waals surface area contributed by atoms with Crippen LogP contribution in [0.4, 0.5) is 0 Å². The molecule has 0 aliphatic heterocycles. The monoisotopic (exact) mass is 383 g/mol. The van der Waals surface area contributed by atoms with Crippen molar-refractivity contribution in [2.24, 2.45) is 5.73 Å². The Morgan fingerprint density at radius 3 is 2.42 bits per heavy atom. The second-order valence-corrected chi connectivity index (χ2v) is 6.22. The first kappa shape index (κ1) is 14.7. The molecule has 0 saturated carbocycles. The third kappa shape index (κ3) is 3.89. The van der Waals surface area contributed by atoms with E-state index in [1.54, 1.807) is 0 Å². The van der Waals surface area contributed by atoms with Crippen LogP contribution < -0.4 is 5.73 Å². The standard InChI is InChI=1S/C15H15Br2NO/c16-11-6-7-13(17)12(9-11)15(18)14(19)8-10-4-2-1-3-5-10/h1-7,9,14-15,19H,8,18H2/t14-,15+/m0/s1. The van der Waals surface area contributed by atoms with Gasteiger partial charge in [-0.25, -0.2) is 0 Å². The highest BCUT2D eigenvalue weighted by Crippen LogP contribution is 2.28. The summed E-state index contributed by atoms with van der Waals surface area (Å²) in [6.45, 7) is 0. The van der Waals surface area contributed by atoms with Crippen LogP contribution in [-0.4, -0.2) is 11.2 Å². The Kier molecular flexibility index (Phi) is 5.16. The van der Waals surface area contributed by atoms with Crippen molar-refractivity contribution in [2.45, 2.75) is 18.6 Å². The highest BCUT2D eigenvalue weighted by molar-refractivity contribution is 9.11. The van der Waals surface area contributed by atoms with Gasteiger partial charge in [0.15, 0.2) is 0 Å². The number of aliphatic hydroxyl groups is 1. The maximum Gasteiger partial charge on any atom is 0.0773 e. The van der Waals surface area contributed by atoms with Crippen LogP contribution in [0.15, 0.2) is 57.5 Å². The van der Waals surface area contributed by atoms with Gasteiger partial charge in [-0.15, -0.1) is 0 Å². The predicted octanol–water partition coefficient (Wildman–Crippen LogP) is 3.82. The first-order valence-electron chi connectivity index (χ1n) is 6.00. The van der Waals surface area contributed by atoms with Crippen LogP contribution in [0.2, 0.25) is 0 Å². The number of nitrogens with two attached hydrogens (primary N) is 1. The lowest BCUT2D eigenvalue weighted by molar-refractivity contribution is 0.145. The van der Waals surface area contributed by atoms with Crippen molar-refractivity contribution in [1.29, 1.82) is 0 Å². The van der Waals surface area contributed by atoms with E-state index in [9.17, 15) is 5.11 Å². The minimum Gasteiger partial charge on any atom is -0.391 e. The summed E-state index contributed by atoms with van der Waals surface area (Å²) in [6.07, 6.45) is -0.0750. The number of benzene rings is 2. The molecule has 2 aromatic carbocycles. The molecule has 0 heterocycles. The summed E-state index contributed by atoms with van der Waals surface area (Å²) in [5, 5.41) is 10.3. The first-order valence-corrected chi connectivity index (χ1v) is 7.59. The molecular formula is C15H15Br2NO. The second kappa shape index (κ2) is 6.66. The van der Waals surface area contributed by atoms with Gasteiger partial charge in [-0.3, -0.25) is 0 Å². The van der Waals surface area contributed by atoms with Gasteiger partial charge in [0.1, 0.15) is 0 Å². The van der Waals surface area contributed by atoms with Crippen molar-refractivity contribution in [3.63, 3.8) is 0 Å². The summed E-state index contributed by atoms with van der Waals surface area (Å²) >= 11 is 6.90. The van der Waals surface area contributed by atoms with Crippen LogP contribution in [0.1, 0.15) is 17.2 Å². The van der Waals surface area contributed by atoms with Crippen LogP contribution in [0, 0.1) is 0 Å². The average molecular weight is 385 g/mol. The Balaban J connectivity index is 2.14. The van der Waals surface area contributed by atoms with Gasteiger partial charge in [-0.2, -0.15) is 0 Å². The van der Waals surface area contributed by atoms with E-state index in [1.807, 2.05) is 48.5 Å². The summed E-state index contributed by atoms with van der Waals surface area (Å²) in [5.74, 6) is 0. The minimum atomic E-state index is -0.618. The summed E-state index contributed by atoms with van der Waals surface area (Å²) in [5.41, 5.74) is 8.14. The topological polar surface area (TPSA) is 46.2 Å². The molecule has 0 radical (unpaired) electrons. The minimum absolute atomic E-state index is 0.424. The van der Waals surface area contributed by atoms with Crippen LogP contribution in [0.5, 0.6) is 0 Å². The van der Waals surface area contributed by atoms with Crippen molar-refractivity contribution < 1.29 is 5.11 Å². The molecular weight excluding hydrogens is 370 g/mol. The lowest BCUT2D eigenvalue weighted by Crippen LogP contribution is -2.28. The van der Waals surface area contributed by atoms with Gasteiger partial charge < -0.3 is 10.8 Å². The molecule has 0 amide bonds. The Morgan fingerprint density at radius 1 is 1.05 bits per heavy atom. The molecule has 2 nitrogen and oxygen atoms in total. The molecule has 4 heteroatoms. The summed E-state index contributed by atoms with van der Waals surface area (Å²) in [7, 11) is 0. The largest absolute Gasteiger partial charge is 0.391 e. The van der Waals surface area contributed by atoms with E-state index in [2.05, 4.69) is 31.9 Å². The maximum absolute atomic E-state index is 10.3. The van der Waals surface area contributed by atoms with Crippen molar-refractivity contribution in [1.82, 2.24) is 0 Å². The van der Waals surface area contributed by atoms with E-state index in [-0.39, 0.29) is 0 Å². The zero-order valence-corrected chi connectivity index (χ0v) is 13.4. The fourth-order valence-electron chi connectivity index (χ4n) is 1.96. The molecule has 2 aromatic rings. The van der Waals surface area contributed by atoms with Gasteiger partial charge in [-0.05, 0) is 29.3 Å². The normalized spacial score (nSPS) is 14.1. The zero-order valence-electron chi connectivity index (χ0n) is 10.3. The third-order valence-electron chi connectivity index (χ3n) is 3.02. The van der Waals surface area contributed by atoms with Gasteiger partial charge in [-0.1, -0.05) is 62.2 Å². The van der Waals surface area contributed by atoms with Gasteiger partial charge in [0, 0.05) is 15.4 Å². The van der Waals surface area contributed by atoms with Crippen molar-refractivity contribution in [3.8, 4) is 0 Å². The first-order chi connectivity index (χ1) is 9.08. The Morgan fingerprint density at radius 2 is 1.74 bits per heavy atom. The molecule has 0 aliphatic carbocycles. The maximum atomic E-state index is 10.3. The van der Waals surface area contributed by atoms with E-state index in [1.165, 1.54) is 0 Å². The van der Waals surface area contributed by atoms with Crippen molar-refractivity contribution in [3.05, 3.63) is 68.6 Å². The number of aliphatic hydroxyl groups excluding tert-OH is 1. The molecule has 0 bridgehead atoms. The van der Waals surface area contributed by atoms with Gasteiger partial charge in [0.2, 0.25) is 0 Å². The van der Waals surface area contributed by atoms with Crippen molar-refractivity contribution in [2.75, 3.05) is 0 Å². The van der Waals surface area contributed by atoms with Crippen molar-refractivity contribution >= 4 is 31.9 Å². The molecule has 3 N–H and O–H groups in total. The summed E-state index contributed by atoms with van der Waals surface area (Å²) < 4.78 is 1.86. The van der Waals surface area contributed by atoms with E-state index in [0.717, 1.165) is 20.1 Å². The van der Waals surface area contributed by atoms with Crippen LogP contribution in [0.3, 0.4) is 0 Å². The molecule has 2 rings (SSSR count). The number of hydrogen-bond donors (Lipinski definition) is 2. The second-order valence-electron chi connectivity index (χ2n) is 4.45. The third-order valence-corrected chi connectivity index (χ3v) is 4.23. The average Bonchev–Trinajstić information content (AvgIpc) is 2.42. The SMILES string of the molecule is N[C@H](c1cc(Br)ccc1Br)[C@@H](O)Cc1ccccc1. The number of halogens is 2. The molecule has 2 atom stereocenters. The molecule has 0 saturated heterocycles. The van der Waals surface area contributed by atoms with Crippen LogP contribution >= 0.6 is 31.9 Å². The Labute approximate surface area is 129 Å². The molecule has 0 unspecified atom stereocenters. The number of hydrogen-bond acceptors (Lipinski definition) is 2. The Hall–Kier alpha value is -0.680. The lowest BCUT2D eigenvalue weighted by atomic mass is 9.97. The summed E-state index contributed by atoms with van der Waals surface area (Å²) in [4.78, 5) is 0. The quantitative estimate of drug-likeness (QED) is 0.841. The van der Waals surface area contributed by atoms with Crippen LogP contribution in [-0.2, 0) is 6.42 Å². The fourth-order valence-corrected chi connectivity index (χ4v) is 2.85. The highest BCUT2D eigenvalue weighted by atomic mass is 79.9. The molecule has 0 fully saturated rings. The molecule has 0 aromatic heterocycles. The van der Waals surface area contributed by atoms with Gasteiger partial charge in [0.25, 0.3) is 0 Å². The molecule has 100 valence electrons. The molecule has 19 heavy (non-hydrogen) atoms. The van der Waals surface area contributed by atoms with E-state index < -0.39 is 12.1 Å². The molecule has 0 aliphatic rings. The van der Waals surface area contributed by atoms with Gasteiger partial charge in [0.05, 0.1) is 12.1 Å². The van der Waals surface area contributed by atoms with Gasteiger partial charge >= 0.3 is 0 Å². The fraction of sp³-hybridized carbons (Fsp3) is 0.200. The number of rotatable bonds is 4. The smallest absolute Gasteiger partial charge is 0.0773 e. The lowest BCUT2D eigenvalue weighted by Gasteiger charge is -2.20. The summed E-state index contributed by atoms with van der Waals surface area (Å²) in [6, 6.07) is 15.2. The molecule has 0 spiro atoms. The highest BCUT2D eigenvalue weighted by Gasteiger charge is 2.19. The predicted molar refractivity (Wildman–Crippen MR) is 84.9 cm³/mol. The Bertz CT molecular complexity index is 545. The van der Waals surface area contributed by atoms with E-state index >= 15 is 0 Å². The van der Waals surface area contributed by atoms with E-state index in [0.29, 0.717) is 6.42 Å². The van der Waals surface area contributed by atoms with E-state index in [4.69, 9.17) is 5.73 Å². The zero-order chi connectivity index (χ0) is 13.8. The van der Waals surface area contributed by atoms with Crippen LogP contribution in [0.25, 0.3) is 0 Å².